The Balaban J connectivity index is 2.21. The van der Waals surface area contributed by atoms with E-state index in [2.05, 4.69) is 18.4 Å². The Kier molecular flexibility index (Phi) is 1.77. The molecule has 1 nitrogen and oxygen atoms in total. The third-order valence-electron chi connectivity index (χ3n) is 3.21. The van der Waals surface area contributed by atoms with Crippen molar-refractivity contribution in [1.29, 1.82) is 0 Å². The molecule has 0 spiro atoms. The molecule has 2 rings (SSSR count). The van der Waals surface area contributed by atoms with Crippen LogP contribution >= 0.6 is 11.8 Å². The van der Waals surface area contributed by atoms with Gasteiger partial charge in [-0.2, -0.15) is 11.8 Å². The van der Waals surface area contributed by atoms with Crippen molar-refractivity contribution in [3.63, 3.8) is 0 Å². The molecule has 2 heteroatoms. The van der Waals surface area contributed by atoms with Crippen LogP contribution in [0.25, 0.3) is 0 Å². The van der Waals surface area contributed by atoms with Crippen molar-refractivity contribution in [2.24, 2.45) is 17.6 Å². The molecule has 0 aromatic heterocycles. The SMILES string of the molecule is CS[C@@]1(CN)C[C@H]2C=C[C@@H]1C2. The fraction of sp³-hybridized carbons (Fsp3) is 0.778. The number of allylic oxidation sites excluding steroid dienone is 2. The van der Waals surface area contributed by atoms with E-state index in [1.54, 1.807) is 0 Å². The van der Waals surface area contributed by atoms with Crippen LogP contribution < -0.4 is 5.73 Å². The van der Waals surface area contributed by atoms with Gasteiger partial charge in [0.2, 0.25) is 0 Å². The summed E-state index contributed by atoms with van der Waals surface area (Å²) in [4.78, 5) is 0. The quantitative estimate of drug-likeness (QED) is 0.636. The van der Waals surface area contributed by atoms with E-state index in [1.807, 2.05) is 11.8 Å². The van der Waals surface area contributed by atoms with E-state index >= 15 is 0 Å². The van der Waals surface area contributed by atoms with Gasteiger partial charge in [-0.15, -0.1) is 0 Å². The van der Waals surface area contributed by atoms with Gasteiger partial charge in [-0.3, -0.25) is 0 Å². The van der Waals surface area contributed by atoms with Gasteiger partial charge in [0.05, 0.1) is 0 Å². The lowest BCUT2D eigenvalue weighted by molar-refractivity contribution is 0.513. The van der Waals surface area contributed by atoms with Gasteiger partial charge in [0.15, 0.2) is 0 Å². The van der Waals surface area contributed by atoms with Gasteiger partial charge in [0, 0.05) is 11.3 Å². The highest BCUT2D eigenvalue weighted by Crippen LogP contribution is 2.52. The zero-order valence-electron chi connectivity index (χ0n) is 6.92. The van der Waals surface area contributed by atoms with Gasteiger partial charge < -0.3 is 5.73 Å². The topological polar surface area (TPSA) is 26.0 Å². The van der Waals surface area contributed by atoms with Gasteiger partial charge in [0.25, 0.3) is 0 Å². The molecule has 0 aromatic carbocycles. The predicted molar refractivity (Wildman–Crippen MR) is 50.7 cm³/mol. The highest BCUT2D eigenvalue weighted by Gasteiger charge is 2.46. The molecular weight excluding hydrogens is 154 g/mol. The van der Waals surface area contributed by atoms with Crippen molar-refractivity contribution in [1.82, 2.24) is 0 Å². The van der Waals surface area contributed by atoms with Crippen molar-refractivity contribution in [2.75, 3.05) is 12.8 Å². The first-order chi connectivity index (χ1) is 5.30. The van der Waals surface area contributed by atoms with E-state index in [1.165, 1.54) is 12.8 Å². The molecule has 62 valence electrons. The number of nitrogens with two attached hydrogens (primary N) is 1. The van der Waals surface area contributed by atoms with E-state index in [-0.39, 0.29) is 0 Å². The van der Waals surface area contributed by atoms with E-state index < -0.39 is 0 Å². The van der Waals surface area contributed by atoms with Crippen molar-refractivity contribution >= 4 is 11.8 Å². The van der Waals surface area contributed by atoms with Crippen molar-refractivity contribution in [3.8, 4) is 0 Å². The third-order valence-corrected chi connectivity index (χ3v) is 4.66. The Labute approximate surface area is 72.4 Å². The van der Waals surface area contributed by atoms with Crippen LogP contribution in [0.1, 0.15) is 12.8 Å². The molecule has 0 heterocycles. The van der Waals surface area contributed by atoms with Crippen LogP contribution in [-0.2, 0) is 0 Å². The third kappa shape index (κ3) is 0.960. The molecule has 3 atom stereocenters. The second-order valence-corrected chi connectivity index (χ2v) is 4.89. The summed E-state index contributed by atoms with van der Waals surface area (Å²) in [6.45, 7) is 0.847. The lowest BCUT2D eigenvalue weighted by Crippen LogP contribution is -2.37. The molecule has 11 heavy (non-hydrogen) atoms. The summed E-state index contributed by atoms with van der Waals surface area (Å²) in [5.74, 6) is 1.61. The van der Waals surface area contributed by atoms with Gasteiger partial charge in [0.1, 0.15) is 0 Å². The van der Waals surface area contributed by atoms with Gasteiger partial charge >= 0.3 is 0 Å². The van der Waals surface area contributed by atoms with Crippen LogP contribution in [-0.4, -0.2) is 17.5 Å². The number of hydrogen-bond acceptors (Lipinski definition) is 2. The lowest BCUT2D eigenvalue weighted by Gasteiger charge is -2.32. The van der Waals surface area contributed by atoms with Crippen LogP contribution in [0.5, 0.6) is 0 Å². The summed E-state index contributed by atoms with van der Waals surface area (Å²) in [6.07, 6.45) is 9.61. The highest BCUT2D eigenvalue weighted by molar-refractivity contribution is 8.00. The summed E-state index contributed by atoms with van der Waals surface area (Å²) in [6, 6.07) is 0. The van der Waals surface area contributed by atoms with Crippen LogP contribution in [0.4, 0.5) is 0 Å². The molecule has 2 N–H and O–H groups in total. The van der Waals surface area contributed by atoms with Crippen molar-refractivity contribution in [2.45, 2.75) is 17.6 Å². The lowest BCUT2D eigenvalue weighted by atomic mass is 9.93. The first-order valence-electron chi connectivity index (χ1n) is 4.24. The molecule has 1 fully saturated rings. The number of rotatable bonds is 2. The van der Waals surface area contributed by atoms with E-state index in [4.69, 9.17) is 5.73 Å². The standard InChI is InChI=1S/C9H15NS/c1-11-9(6-10)5-7-2-3-8(9)4-7/h2-3,7-8H,4-6,10H2,1H3/t7-,8+,9+/m0/s1. The summed E-state index contributed by atoms with van der Waals surface area (Å²) < 4.78 is 0.402. The zero-order chi connectivity index (χ0) is 7.90. The average molecular weight is 169 g/mol. The minimum Gasteiger partial charge on any atom is -0.329 e. The minimum absolute atomic E-state index is 0.402. The Bertz CT molecular complexity index is 184. The summed E-state index contributed by atoms with van der Waals surface area (Å²) in [7, 11) is 0. The van der Waals surface area contributed by atoms with Crippen LogP contribution in [0, 0.1) is 11.8 Å². The fourth-order valence-electron chi connectivity index (χ4n) is 2.46. The van der Waals surface area contributed by atoms with E-state index in [0.717, 1.165) is 18.4 Å². The molecule has 0 saturated heterocycles. The molecule has 2 aliphatic carbocycles. The first-order valence-corrected chi connectivity index (χ1v) is 5.47. The number of thioether (sulfide) groups is 1. The van der Waals surface area contributed by atoms with Crippen LogP contribution in [0.15, 0.2) is 12.2 Å². The Morgan fingerprint density at radius 3 is 2.73 bits per heavy atom. The molecule has 1 saturated carbocycles. The Morgan fingerprint density at radius 2 is 2.45 bits per heavy atom. The molecule has 0 aromatic rings. The first kappa shape index (κ1) is 7.69. The van der Waals surface area contributed by atoms with E-state index in [9.17, 15) is 0 Å². The van der Waals surface area contributed by atoms with E-state index in [0.29, 0.717) is 4.75 Å². The summed E-state index contributed by atoms with van der Waals surface area (Å²) >= 11 is 1.97. The Hall–Kier alpha value is 0.0500. The highest BCUT2D eigenvalue weighted by atomic mass is 32.2. The molecule has 0 radical (unpaired) electrons. The molecule has 0 aliphatic heterocycles. The van der Waals surface area contributed by atoms with Crippen molar-refractivity contribution < 1.29 is 0 Å². The minimum atomic E-state index is 0.402. The predicted octanol–water partition coefficient (Wildman–Crippen LogP) is 1.64. The smallest absolute Gasteiger partial charge is 0.0347 e. The Morgan fingerprint density at radius 1 is 1.64 bits per heavy atom. The monoisotopic (exact) mass is 169 g/mol. The van der Waals surface area contributed by atoms with Crippen LogP contribution in [0.2, 0.25) is 0 Å². The zero-order valence-corrected chi connectivity index (χ0v) is 7.73. The van der Waals surface area contributed by atoms with Crippen LogP contribution in [0.3, 0.4) is 0 Å². The van der Waals surface area contributed by atoms with Gasteiger partial charge in [-0.1, -0.05) is 12.2 Å². The number of hydrogen-bond donors (Lipinski definition) is 1. The fourth-order valence-corrected chi connectivity index (χ4v) is 3.49. The summed E-state index contributed by atoms with van der Waals surface area (Å²) in [5.41, 5.74) is 5.81. The maximum Gasteiger partial charge on any atom is 0.0347 e. The van der Waals surface area contributed by atoms with Gasteiger partial charge in [-0.05, 0) is 30.9 Å². The maximum atomic E-state index is 5.81. The average Bonchev–Trinajstić information content (AvgIpc) is 2.62. The summed E-state index contributed by atoms with van der Waals surface area (Å²) in [5, 5.41) is 0. The second-order valence-electron chi connectivity index (χ2n) is 3.66. The van der Waals surface area contributed by atoms with Crippen molar-refractivity contribution in [3.05, 3.63) is 12.2 Å². The normalized spacial score (nSPS) is 47.1. The second kappa shape index (κ2) is 2.53. The molecule has 0 amide bonds. The largest absolute Gasteiger partial charge is 0.329 e. The maximum absolute atomic E-state index is 5.81. The molecule has 2 aliphatic rings. The molecule has 0 unspecified atom stereocenters. The number of fused-ring (bicyclic) bond motifs is 2. The van der Waals surface area contributed by atoms with Gasteiger partial charge in [-0.25, -0.2) is 0 Å². The molecular formula is C9H15NS. The molecule has 2 bridgehead atoms.